The van der Waals surface area contributed by atoms with Gasteiger partial charge in [-0.1, -0.05) is 19.3 Å². The van der Waals surface area contributed by atoms with Crippen LogP contribution in [0.4, 0.5) is 22.2 Å². The summed E-state index contributed by atoms with van der Waals surface area (Å²) in [5, 5.41) is 17.5. The maximum atomic E-state index is 12.5. The molecule has 1 aromatic rings. The fourth-order valence-corrected chi connectivity index (χ4v) is 3.80. The number of urea groups is 1. The number of aromatic nitrogens is 2. The van der Waals surface area contributed by atoms with Crippen molar-refractivity contribution in [1.29, 1.82) is 0 Å². The molecule has 0 bridgehead atoms. The highest BCUT2D eigenvalue weighted by Crippen LogP contribution is 2.30. The van der Waals surface area contributed by atoms with Gasteiger partial charge >= 0.3 is 11.7 Å². The number of hydrogen-bond acceptors (Lipinski definition) is 7. The van der Waals surface area contributed by atoms with Crippen LogP contribution in [0.1, 0.15) is 44.9 Å². The molecule has 28 heavy (non-hydrogen) atoms. The molecule has 2 N–H and O–H groups in total. The minimum absolute atomic E-state index is 0.00672. The van der Waals surface area contributed by atoms with Crippen LogP contribution in [0.15, 0.2) is 6.20 Å². The molecule has 0 atom stereocenters. The van der Waals surface area contributed by atoms with Crippen molar-refractivity contribution in [3.05, 3.63) is 16.3 Å². The molecule has 1 aliphatic heterocycles. The summed E-state index contributed by atoms with van der Waals surface area (Å²) in [7, 11) is 0. The van der Waals surface area contributed by atoms with E-state index < -0.39 is 4.92 Å². The lowest BCUT2D eigenvalue weighted by Crippen LogP contribution is -2.54. The normalized spacial score (nSPS) is 20.7. The lowest BCUT2D eigenvalue weighted by molar-refractivity contribution is -0.384. The van der Waals surface area contributed by atoms with Gasteiger partial charge in [0.25, 0.3) is 0 Å². The van der Waals surface area contributed by atoms with Crippen LogP contribution in [-0.2, 0) is 0 Å². The molecule has 152 valence electrons. The maximum absolute atomic E-state index is 12.5. The lowest BCUT2D eigenvalue weighted by atomic mass is 9.96. The van der Waals surface area contributed by atoms with Gasteiger partial charge in [-0.15, -0.1) is 0 Å². The molecule has 2 amide bonds. The molecule has 10 nitrogen and oxygen atoms in total. The highest BCUT2D eigenvalue weighted by atomic mass is 16.6. The predicted octanol–water partition coefficient (Wildman–Crippen LogP) is 2.12. The third-order valence-corrected chi connectivity index (χ3v) is 5.65. The number of amides is 2. The SMILES string of the molecule is O=C(NC1CCCCC1)N1CCN(c2ncc([N+](=O)[O-])c(NC3CC3)n2)CC1. The van der Waals surface area contributed by atoms with Gasteiger partial charge < -0.3 is 20.4 Å². The quantitative estimate of drug-likeness (QED) is 0.585. The topological polar surface area (TPSA) is 117 Å². The van der Waals surface area contributed by atoms with Crippen molar-refractivity contribution in [3.63, 3.8) is 0 Å². The molecule has 4 rings (SSSR count). The second-order valence-corrected chi connectivity index (χ2v) is 7.84. The van der Waals surface area contributed by atoms with Crippen LogP contribution in [-0.4, -0.2) is 64.1 Å². The smallest absolute Gasteiger partial charge is 0.329 e. The van der Waals surface area contributed by atoms with Crippen LogP contribution in [0.3, 0.4) is 0 Å². The Hall–Kier alpha value is -2.65. The minimum Gasteiger partial charge on any atom is -0.361 e. The van der Waals surface area contributed by atoms with E-state index in [1.54, 1.807) is 0 Å². The third-order valence-electron chi connectivity index (χ3n) is 5.65. The van der Waals surface area contributed by atoms with Crippen molar-refractivity contribution in [2.75, 3.05) is 36.4 Å². The number of anilines is 2. The molecule has 2 aliphatic carbocycles. The average molecular weight is 389 g/mol. The fraction of sp³-hybridized carbons (Fsp3) is 0.722. The van der Waals surface area contributed by atoms with Crippen LogP contribution >= 0.6 is 0 Å². The summed E-state index contributed by atoms with van der Waals surface area (Å²) in [4.78, 5) is 35.7. The van der Waals surface area contributed by atoms with E-state index in [0.717, 1.165) is 25.7 Å². The summed E-state index contributed by atoms with van der Waals surface area (Å²) in [5.74, 6) is 0.760. The average Bonchev–Trinajstić information content (AvgIpc) is 3.52. The van der Waals surface area contributed by atoms with Crippen molar-refractivity contribution in [1.82, 2.24) is 20.2 Å². The first-order chi connectivity index (χ1) is 13.6. The van der Waals surface area contributed by atoms with Crippen molar-refractivity contribution in [3.8, 4) is 0 Å². The van der Waals surface area contributed by atoms with Crippen molar-refractivity contribution in [2.24, 2.45) is 0 Å². The summed E-state index contributed by atoms with van der Waals surface area (Å²) >= 11 is 0. The van der Waals surface area contributed by atoms with E-state index in [-0.39, 0.29) is 23.6 Å². The molecule has 1 saturated heterocycles. The third kappa shape index (κ3) is 4.42. The van der Waals surface area contributed by atoms with Crippen LogP contribution in [0, 0.1) is 10.1 Å². The van der Waals surface area contributed by atoms with E-state index in [2.05, 4.69) is 20.6 Å². The standard InChI is InChI=1S/C18H27N7O3/c26-18(21-13-4-2-1-3-5-13)24-10-8-23(9-11-24)17-19-12-15(25(27)28)16(22-17)20-14-6-7-14/h12-14H,1-11H2,(H,21,26)(H,19,20,22). The van der Waals surface area contributed by atoms with E-state index in [4.69, 9.17) is 0 Å². The monoisotopic (exact) mass is 389 g/mol. The zero-order chi connectivity index (χ0) is 19.5. The Bertz CT molecular complexity index is 726. The van der Waals surface area contributed by atoms with Crippen molar-refractivity contribution in [2.45, 2.75) is 57.0 Å². The molecule has 2 saturated carbocycles. The fourth-order valence-electron chi connectivity index (χ4n) is 3.80. The Kier molecular flexibility index (Phi) is 5.45. The van der Waals surface area contributed by atoms with E-state index in [1.165, 1.54) is 25.5 Å². The van der Waals surface area contributed by atoms with Gasteiger partial charge in [0.2, 0.25) is 11.8 Å². The van der Waals surface area contributed by atoms with Crippen LogP contribution in [0.2, 0.25) is 0 Å². The lowest BCUT2D eigenvalue weighted by Gasteiger charge is -2.36. The molecular formula is C18H27N7O3. The highest BCUT2D eigenvalue weighted by Gasteiger charge is 2.29. The number of rotatable bonds is 5. The summed E-state index contributed by atoms with van der Waals surface area (Å²) in [6.45, 7) is 2.39. The van der Waals surface area contributed by atoms with Gasteiger partial charge in [0, 0.05) is 38.3 Å². The summed E-state index contributed by atoms with van der Waals surface area (Å²) < 4.78 is 0. The predicted molar refractivity (Wildman–Crippen MR) is 105 cm³/mol. The second kappa shape index (κ2) is 8.15. The number of carbonyl (C=O) groups is 1. The second-order valence-electron chi connectivity index (χ2n) is 7.84. The zero-order valence-corrected chi connectivity index (χ0v) is 16.0. The molecule has 2 heterocycles. The summed E-state index contributed by atoms with van der Waals surface area (Å²) in [6, 6.07) is 0.572. The van der Waals surface area contributed by atoms with E-state index in [0.29, 0.717) is 38.2 Å². The van der Waals surface area contributed by atoms with Crippen molar-refractivity contribution >= 4 is 23.5 Å². The Labute approximate surface area is 163 Å². The molecule has 0 radical (unpaired) electrons. The highest BCUT2D eigenvalue weighted by molar-refractivity contribution is 5.75. The molecule has 10 heteroatoms. The number of piperazine rings is 1. The van der Waals surface area contributed by atoms with Gasteiger partial charge in [0.15, 0.2) is 0 Å². The van der Waals surface area contributed by atoms with Crippen LogP contribution in [0.5, 0.6) is 0 Å². The number of hydrogen-bond donors (Lipinski definition) is 2. The van der Waals surface area contributed by atoms with Gasteiger partial charge in [-0.25, -0.2) is 9.78 Å². The Morgan fingerprint density at radius 1 is 1.07 bits per heavy atom. The van der Waals surface area contributed by atoms with E-state index in [1.807, 2.05) is 9.80 Å². The zero-order valence-electron chi connectivity index (χ0n) is 16.0. The van der Waals surface area contributed by atoms with E-state index >= 15 is 0 Å². The largest absolute Gasteiger partial charge is 0.361 e. The Morgan fingerprint density at radius 3 is 2.43 bits per heavy atom. The van der Waals surface area contributed by atoms with Gasteiger partial charge in [-0.2, -0.15) is 4.98 Å². The molecule has 0 unspecified atom stereocenters. The van der Waals surface area contributed by atoms with Gasteiger partial charge in [-0.05, 0) is 25.7 Å². The first-order valence-electron chi connectivity index (χ1n) is 10.2. The molecule has 0 spiro atoms. The van der Waals surface area contributed by atoms with Gasteiger partial charge in [-0.3, -0.25) is 10.1 Å². The number of carbonyl (C=O) groups excluding carboxylic acids is 1. The van der Waals surface area contributed by atoms with Crippen molar-refractivity contribution < 1.29 is 9.72 Å². The van der Waals surface area contributed by atoms with Crippen LogP contribution < -0.4 is 15.5 Å². The van der Waals surface area contributed by atoms with Gasteiger partial charge in [0.1, 0.15) is 6.20 Å². The summed E-state index contributed by atoms with van der Waals surface area (Å²) in [6.07, 6.45) is 9.06. The Morgan fingerprint density at radius 2 is 1.79 bits per heavy atom. The minimum atomic E-state index is -0.456. The molecule has 3 fully saturated rings. The number of nitro groups is 1. The number of nitrogens with one attached hydrogen (secondary N) is 2. The van der Waals surface area contributed by atoms with Gasteiger partial charge in [0.05, 0.1) is 4.92 Å². The Balaban J connectivity index is 1.35. The molecule has 1 aromatic heterocycles. The first-order valence-corrected chi connectivity index (χ1v) is 10.2. The first kappa shape index (κ1) is 18.7. The van der Waals surface area contributed by atoms with E-state index in [9.17, 15) is 14.9 Å². The maximum Gasteiger partial charge on any atom is 0.329 e. The summed E-state index contributed by atoms with van der Waals surface area (Å²) in [5.41, 5.74) is -0.0962. The molecular weight excluding hydrogens is 362 g/mol. The number of nitrogens with zero attached hydrogens (tertiary/aromatic N) is 5. The molecule has 3 aliphatic rings. The molecule has 0 aromatic carbocycles. The van der Waals surface area contributed by atoms with Crippen LogP contribution in [0.25, 0.3) is 0 Å².